The fourth-order valence-electron chi connectivity index (χ4n) is 3.94. The monoisotopic (exact) mass is 410 g/mol. The number of hydrogen-bond donors (Lipinski definition) is 1. The summed E-state index contributed by atoms with van der Waals surface area (Å²) < 4.78 is 2.18. The quantitative estimate of drug-likeness (QED) is 0.737. The summed E-state index contributed by atoms with van der Waals surface area (Å²) in [7, 11) is 1.59. The number of aromatic nitrogens is 3. The van der Waals surface area contributed by atoms with Crippen LogP contribution < -0.4 is 5.32 Å². The van der Waals surface area contributed by atoms with Gasteiger partial charge in [-0.05, 0) is 31.4 Å². The summed E-state index contributed by atoms with van der Waals surface area (Å²) in [5, 5.41) is 11.6. The van der Waals surface area contributed by atoms with Crippen molar-refractivity contribution < 1.29 is 14.4 Å². The maximum Gasteiger partial charge on any atom is 0.326 e. The van der Waals surface area contributed by atoms with E-state index in [1.807, 2.05) is 24.3 Å². The molecule has 2 aliphatic rings. The molecule has 1 saturated heterocycles. The number of amides is 4. The number of rotatable bonds is 6. The molecule has 2 aliphatic heterocycles. The number of likely N-dealkylation sites (N-methyl/N-ethyl adjacent to an activating group) is 1. The SMILES string of the molecule is CN1CC(=O)N(CCCC(=O)Nc2cccc(-c3nnc4n3CCCCC4)c2)C1=O. The third-order valence-corrected chi connectivity index (χ3v) is 5.53. The molecule has 9 nitrogen and oxygen atoms in total. The zero-order valence-corrected chi connectivity index (χ0v) is 17.1. The fraction of sp³-hybridized carbons (Fsp3) is 0.476. The van der Waals surface area contributed by atoms with Crippen molar-refractivity contribution in [1.29, 1.82) is 0 Å². The summed E-state index contributed by atoms with van der Waals surface area (Å²) in [4.78, 5) is 38.6. The van der Waals surface area contributed by atoms with E-state index in [1.54, 1.807) is 7.05 Å². The average molecular weight is 410 g/mol. The van der Waals surface area contributed by atoms with E-state index < -0.39 is 0 Å². The highest BCUT2D eigenvalue weighted by Crippen LogP contribution is 2.25. The van der Waals surface area contributed by atoms with Gasteiger partial charge in [-0.1, -0.05) is 18.6 Å². The molecule has 9 heteroatoms. The van der Waals surface area contributed by atoms with Crippen LogP contribution in [0.1, 0.15) is 37.9 Å². The number of carbonyl (C=O) groups excluding carboxylic acids is 3. The molecule has 1 aromatic heterocycles. The van der Waals surface area contributed by atoms with Gasteiger partial charge >= 0.3 is 6.03 Å². The molecule has 0 unspecified atom stereocenters. The first-order valence-corrected chi connectivity index (χ1v) is 10.4. The molecule has 0 saturated carbocycles. The van der Waals surface area contributed by atoms with Crippen LogP contribution in [0.25, 0.3) is 11.4 Å². The first-order valence-electron chi connectivity index (χ1n) is 10.4. The topological polar surface area (TPSA) is 100 Å². The maximum absolute atomic E-state index is 12.3. The molecule has 0 atom stereocenters. The van der Waals surface area contributed by atoms with Gasteiger partial charge in [-0.2, -0.15) is 0 Å². The molecule has 30 heavy (non-hydrogen) atoms. The highest BCUT2D eigenvalue weighted by molar-refractivity contribution is 6.01. The summed E-state index contributed by atoms with van der Waals surface area (Å²) in [6.07, 6.45) is 5.05. The minimum Gasteiger partial charge on any atom is -0.326 e. The molecule has 2 aromatic rings. The number of fused-ring (bicyclic) bond motifs is 1. The molecule has 0 aliphatic carbocycles. The number of nitrogens with zero attached hydrogens (tertiary/aromatic N) is 5. The number of hydrogen-bond acceptors (Lipinski definition) is 5. The van der Waals surface area contributed by atoms with E-state index in [0.717, 1.165) is 43.0 Å². The molecule has 0 spiro atoms. The van der Waals surface area contributed by atoms with Gasteiger partial charge in [0.1, 0.15) is 12.4 Å². The molecule has 1 N–H and O–H groups in total. The van der Waals surface area contributed by atoms with Crippen LogP contribution in [0.5, 0.6) is 0 Å². The van der Waals surface area contributed by atoms with Crippen molar-refractivity contribution in [1.82, 2.24) is 24.6 Å². The normalized spacial score (nSPS) is 16.6. The Kier molecular flexibility index (Phi) is 5.78. The van der Waals surface area contributed by atoms with Gasteiger partial charge in [-0.25, -0.2) is 4.79 Å². The Morgan fingerprint density at radius 3 is 2.83 bits per heavy atom. The van der Waals surface area contributed by atoms with Crippen molar-refractivity contribution in [2.45, 2.75) is 45.1 Å². The Balaban J connectivity index is 1.36. The maximum atomic E-state index is 12.3. The van der Waals surface area contributed by atoms with Crippen LogP contribution in [0.4, 0.5) is 10.5 Å². The minimum absolute atomic E-state index is 0.101. The Hall–Kier alpha value is -3.23. The molecule has 4 amide bonds. The van der Waals surface area contributed by atoms with E-state index in [2.05, 4.69) is 20.1 Å². The fourth-order valence-corrected chi connectivity index (χ4v) is 3.94. The molecule has 3 heterocycles. The molecule has 4 rings (SSSR count). The van der Waals surface area contributed by atoms with Gasteiger partial charge in [0.2, 0.25) is 11.8 Å². The number of nitrogens with one attached hydrogen (secondary N) is 1. The van der Waals surface area contributed by atoms with Crippen LogP contribution in [0.3, 0.4) is 0 Å². The van der Waals surface area contributed by atoms with Gasteiger partial charge in [0.25, 0.3) is 0 Å². The van der Waals surface area contributed by atoms with Gasteiger partial charge in [0.05, 0.1) is 0 Å². The summed E-state index contributed by atoms with van der Waals surface area (Å²) in [5.74, 6) is 1.48. The van der Waals surface area contributed by atoms with Gasteiger partial charge in [-0.15, -0.1) is 10.2 Å². The number of carbonyl (C=O) groups is 3. The molecular weight excluding hydrogens is 384 g/mol. The summed E-state index contributed by atoms with van der Waals surface area (Å²) in [5.41, 5.74) is 1.61. The summed E-state index contributed by atoms with van der Waals surface area (Å²) in [6, 6.07) is 7.30. The number of benzene rings is 1. The van der Waals surface area contributed by atoms with Crippen LogP contribution in [0.2, 0.25) is 0 Å². The van der Waals surface area contributed by atoms with E-state index in [1.165, 1.54) is 16.2 Å². The lowest BCUT2D eigenvalue weighted by atomic mass is 10.1. The lowest BCUT2D eigenvalue weighted by Crippen LogP contribution is -2.32. The Labute approximate surface area is 175 Å². The van der Waals surface area contributed by atoms with Crippen LogP contribution in [-0.2, 0) is 22.6 Å². The number of imide groups is 1. The zero-order chi connectivity index (χ0) is 21.1. The number of aryl methyl sites for hydroxylation is 1. The highest BCUT2D eigenvalue weighted by Gasteiger charge is 2.32. The second-order valence-electron chi connectivity index (χ2n) is 7.82. The predicted octanol–water partition coefficient (Wildman–Crippen LogP) is 2.28. The van der Waals surface area contributed by atoms with Gasteiger partial charge in [0, 0.05) is 44.2 Å². The number of urea groups is 1. The van der Waals surface area contributed by atoms with Crippen LogP contribution >= 0.6 is 0 Å². The van der Waals surface area contributed by atoms with E-state index in [9.17, 15) is 14.4 Å². The predicted molar refractivity (Wildman–Crippen MR) is 111 cm³/mol. The lowest BCUT2D eigenvalue weighted by molar-refractivity contribution is -0.125. The summed E-state index contributed by atoms with van der Waals surface area (Å²) >= 11 is 0. The van der Waals surface area contributed by atoms with E-state index in [-0.39, 0.29) is 37.4 Å². The second-order valence-corrected chi connectivity index (χ2v) is 7.82. The Morgan fingerprint density at radius 2 is 2.03 bits per heavy atom. The van der Waals surface area contributed by atoms with E-state index in [4.69, 9.17) is 0 Å². The van der Waals surface area contributed by atoms with Crippen molar-refractivity contribution in [3.05, 3.63) is 30.1 Å². The standard InChI is InChI=1S/C21H26N6O3/c1-25-14-19(29)27(21(25)30)12-6-10-18(28)22-16-8-5-7-15(13-16)20-24-23-17-9-3-2-4-11-26(17)20/h5,7-8,13H,2-4,6,9-12,14H2,1H3,(H,22,28). The largest absolute Gasteiger partial charge is 0.326 e. The minimum atomic E-state index is -0.305. The molecule has 1 aromatic carbocycles. The van der Waals surface area contributed by atoms with Crippen LogP contribution in [-0.4, -0.2) is 62.5 Å². The molecule has 1 fully saturated rings. The third kappa shape index (κ3) is 4.19. The molecule has 158 valence electrons. The van der Waals surface area contributed by atoms with E-state index in [0.29, 0.717) is 12.1 Å². The first-order chi connectivity index (χ1) is 14.5. The average Bonchev–Trinajstić information content (AvgIpc) is 3.12. The van der Waals surface area contributed by atoms with Gasteiger partial charge < -0.3 is 14.8 Å². The Morgan fingerprint density at radius 1 is 1.17 bits per heavy atom. The van der Waals surface area contributed by atoms with Gasteiger partial charge in [0.15, 0.2) is 5.82 Å². The van der Waals surface area contributed by atoms with Crippen LogP contribution in [0.15, 0.2) is 24.3 Å². The number of anilines is 1. The second kappa shape index (κ2) is 8.64. The van der Waals surface area contributed by atoms with Crippen LogP contribution in [0, 0.1) is 0 Å². The van der Waals surface area contributed by atoms with Crippen molar-refractivity contribution in [3.63, 3.8) is 0 Å². The van der Waals surface area contributed by atoms with Crippen molar-refractivity contribution >= 4 is 23.5 Å². The third-order valence-electron chi connectivity index (χ3n) is 5.53. The first kappa shape index (κ1) is 20.1. The lowest BCUT2D eigenvalue weighted by Gasteiger charge is -2.14. The van der Waals surface area contributed by atoms with Crippen molar-refractivity contribution in [2.24, 2.45) is 0 Å². The van der Waals surface area contributed by atoms with E-state index >= 15 is 0 Å². The van der Waals surface area contributed by atoms with Gasteiger partial charge in [-0.3, -0.25) is 14.5 Å². The Bertz CT molecular complexity index is 969. The highest BCUT2D eigenvalue weighted by atomic mass is 16.2. The smallest absolute Gasteiger partial charge is 0.326 e. The van der Waals surface area contributed by atoms with Crippen molar-refractivity contribution in [3.8, 4) is 11.4 Å². The zero-order valence-electron chi connectivity index (χ0n) is 17.1. The molecule has 0 bridgehead atoms. The summed E-state index contributed by atoms with van der Waals surface area (Å²) in [6.45, 7) is 1.27. The van der Waals surface area contributed by atoms with Crippen molar-refractivity contribution in [2.75, 3.05) is 25.5 Å². The molecular formula is C21H26N6O3. The molecule has 0 radical (unpaired) electrons.